The van der Waals surface area contributed by atoms with E-state index in [9.17, 15) is 4.79 Å². The molecule has 0 radical (unpaired) electrons. The summed E-state index contributed by atoms with van der Waals surface area (Å²) >= 11 is 0. The second-order valence-electron chi connectivity index (χ2n) is 3.61. The van der Waals surface area contributed by atoms with Crippen LogP contribution in [0.1, 0.15) is 11.1 Å². The Labute approximate surface area is 89.6 Å². The van der Waals surface area contributed by atoms with Crippen LogP contribution in [0.5, 0.6) is 0 Å². The summed E-state index contributed by atoms with van der Waals surface area (Å²) in [5.74, 6) is -0.925. The molecule has 0 atom stereocenters. The van der Waals surface area contributed by atoms with E-state index < -0.39 is 5.97 Å². The predicted octanol–water partition coefficient (Wildman–Crippen LogP) is 2.16. The molecule has 0 aliphatic carbocycles. The molecule has 0 saturated carbocycles. The van der Waals surface area contributed by atoms with Crippen LogP contribution in [0.25, 0.3) is 6.08 Å². The Morgan fingerprint density at radius 3 is 2.53 bits per heavy atom. The Hall–Kier alpha value is -1.77. The zero-order valence-corrected chi connectivity index (χ0v) is 9.19. The maximum absolute atomic E-state index is 10.4. The van der Waals surface area contributed by atoms with Gasteiger partial charge >= 0.3 is 5.97 Å². The Kier molecular flexibility index (Phi) is 3.50. The quantitative estimate of drug-likeness (QED) is 0.769. The molecule has 0 heterocycles. The third-order valence-corrected chi connectivity index (χ3v) is 2.18. The summed E-state index contributed by atoms with van der Waals surface area (Å²) in [7, 11) is 3.95. The first-order chi connectivity index (χ1) is 7.00. The van der Waals surface area contributed by atoms with Crippen LogP contribution in [-0.2, 0) is 4.79 Å². The normalized spacial score (nSPS) is 10.6. The Morgan fingerprint density at radius 2 is 2.07 bits per heavy atom. The zero-order valence-electron chi connectivity index (χ0n) is 9.19. The number of hydrogen-bond donors (Lipinski definition) is 1. The number of rotatable bonds is 3. The van der Waals surface area contributed by atoms with Crippen molar-refractivity contribution in [1.29, 1.82) is 0 Å². The largest absolute Gasteiger partial charge is 0.478 e. The summed E-state index contributed by atoms with van der Waals surface area (Å²) in [5, 5.41) is 8.51. The van der Waals surface area contributed by atoms with Gasteiger partial charge in [0.25, 0.3) is 0 Å². The van der Waals surface area contributed by atoms with Gasteiger partial charge in [0.1, 0.15) is 0 Å². The van der Waals surface area contributed by atoms with E-state index in [4.69, 9.17) is 5.11 Å². The van der Waals surface area contributed by atoms with Crippen molar-refractivity contribution in [3.05, 3.63) is 35.4 Å². The number of aliphatic carboxylic acids is 1. The van der Waals surface area contributed by atoms with E-state index in [1.54, 1.807) is 6.08 Å². The van der Waals surface area contributed by atoms with Crippen LogP contribution in [0.15, 0.2) is 24.3 Å². The third-order valence-electron chi connectivity index (χ3n) is 2.18. The van der Waals surface area contributed by atoms with Crippen molar-refractivity contribution >= 4 is 17.7 Å². The summed E-state index contributed by atoms with van der Waals surface area (Å²) < 4.78 is 0. The molecule has 0 aliphatic rings. The first kappa shape index (κ1) is 11.3. The molecule has 0 amide bonds. The topological polar surface area (TPSA) is 40.5 Å². The van der Waals surface area contributed by atoms with Crippen LogP contribution < -0.4 is 4.90 Å². The fourth-order valence-electron chi connectivity index (χ4n) is 1.29. The average molecular weight is 205 g/mol. The molecule has 3 nitrogen and oxygen atoms in total. The monoisotopic (exact) mass is 205 g/mol. The van der Waals surface area contributed by atoms with Gasteiger partial charge in [0.05, 0.1) is 0 Å². The number of hydrogen-bond acceptors (Lipinski definition) is 2. The summed E-state index contributed by atoms with van der Waals surface area (Å²) in [6.07, 6.45) is 2.76. The van der Waals surface area contributed by atoms with Gasteiger partial charge in [-0.3, -0.25) is 0 Å². The van der Waals surface area contributed by atoms with Crippen molar-refractivity contribution in [2.75, 3.05) is 19.0 Å². The van der Waals surface area contributed by atoms with Crippen LogP contribution in [0.2, 0.25) is 0 Å². The number of carboxylic acids is 1. The first-order valence-corrected chi connectivity index (χ1v) is 4.69. The number of carboxylic acid groups (broad SMARTS) is 1. The van der Waals surface area contributed by atoms with E-state index in [-0.39, 0.29) is 0 Å². The minimum Gasteiger partial charge on any atom is -0.478 e. The van der Waals surface area contributed by atoms with Crippen LogP contribution in [-0.4, -0.2) is 25.2 Å². The van der Waals surface area contributed by atoms with Crippen LogP contribution in [0, 0.1) is 6.92 Å². The molecule has 3 heteroatoms. The highest BCUT2D eigenvalue weighted by Gasteiger charge is 1.99. The van der Waals surface area contributed by atoms with Gasteiger partial charge in [-0.2, -0.15) is 0 Å². The fraction of sp³-hybridized carbons (Fsp3) is 0.250. The van der Waals surface area contributed by atoms with Crippen LogP contribution >= 0.6 is 0 Å². The average Bonchev–Trinajstić information content (AvgIpc) is 2.15. The Bertz CT molecular complexity index is 395. The van der Waals surface area contributed by atoms with Crippen molar-refractivity contribution in [2.45, 2.75) is 6.92 Å². The van der Waals surface area contributed by atoms with Gasteiger partial charge in [-0.05, 0) is 36.3 Å². The molecule has 0 aliphatic heterocycles. The summed E-state index contributed by atoms with van der Waals surface area (Å²) in [4.78, 5) is 12.4. The predicted molar refractivity (Wildman–Crippen MR) is 62.2 cm³/mol. The lowest BCUT2D eigenvalue weighted by Crippen LogP contribution is -2.08. The molecule has 0 saturated heterocycles. The van der Waals surface area contributed by atoms with Gasteiger partial charge in [0, 0.05) is 25.9 Å². The second kappa shape index (κ2) is 4.64. The minimum atomic E-state index is -0.925. The lowest BCUT2D eigenvalue weighted by atomic mass is 10.1. The number of benzene rings is 1. The number of carbonyl (C=O) groups is 1. The number of nitrogens with zero attached hydrogens (tertiary/aromatic N) is 1. The van der Waals surface area contributed by atoms with Gasteiger partial charge in [0.2, 0.25) is 0 Å². The molecule has 0 spiro atoms. The third kappa shape index (κ3) is 3.13. The van der Waals surface area contributed by atoms with E-state index in [0.717, 1.165) is 22.9 Å². The maximum atomic E-state index is 10.4. The minimum absolute atomic E-state index is 0.925. The highest BCUT2D eigenvalue weighted by atomic mass is 16.4. The molecule has 0 bridgehead atoms. The zero-order chi connectivity index (χ0) is 11.4. The highest BCUT2D eigenvalue weighted by Crippen LogP contribution is 2.18. The van der Waals surface area contributed by atoms with E-state index in [1.165, 1.54) is 0 Å². The molecule has 0 fully saturated rings. The van der Waals surface area contributed by atoms with Crippen LogP contribution in [0.3, 0.4) is 0 Å². The van der Waals surface area contributed by atoms with Crippen molar-refractivity contribution in [2.24, 2.45) is 0 Å². The summed E-state index contributed by atoms with van der Waals surface area (Å²) in [6, 6.07) is 5.92. The van der Waals surface area contributed by atoms with E-state index >= 15 is 0 Å². The molecule has 15 heavy (non-hydrogen) atoms. The summed E-state index contributed by atoms with van der Waals surface area (Å²) in [5.41, 5.74) is 3.11. The highest BCUT2D eigenvalue weighted by molar-refractivity contribution is 5.85. The van der Waals surface area contributed by atoms with Gasteiger partial charge in [-0.25, -0.2) is 4.79 Å². The maximum Gasteiger partial charge on any atom is 0.328 e. The van der Waals surface area contributed by atoms with Gasteiger partial charge in [-0.1, -0.05) is 6.07 Å². The van der Waals surface area contributed by atoms with E-state index in [1.807, 2.05) is 44.1 Å². The second-order valence-corrected chi connectivity index (χ2v) is 3.61. The van der Waals surface area contributed by atoms with Crippen molar-refractivity contribution < 1.29 is 9.90 Å². The lowest BCUT2D eigenvalue weighted by Gasteiger charge is -2.13. The molecule has 1 rings (SSSR count). The lowest BCUT2D eigenvalue weighted by molar-refractivity contribution is -0.131. The summed E-state index contributed by atoms with van der Waals surface area (Å²) in [6.45, 7) is 1.97. The Balaban J connectivity index is 2.98. The molecular weight excluding hydrogens is 190 g/mol. The first-order valence-electron chi connectivity index (χ1n) is 4.69. The smallest absolute Gasteiger partial charge is 0.328 e. The molecular formula is C12H15NO2. The van der Waals surface area contributed by atoms with Crippen molar-refractivity contribution in [1.82, 2.24) is 0 Å². The number of aryl methyl sites for hydroxylation is 1. The molecule has 1 aromatic rings. The van der Waals surface area contributed by atoms with E-state index in [0.29, 0.717) is 0 Å². The molecule has 80 valence electrons. The number of anilines is 1. The Morgan fingerprint density at radius 1 is 1.40 bits per heavy atom. The SMILES string of the molecule is Cc1cc(N(C)C)ccc1C=CC(=O)O. The fourth-order valence-corrected chi connectivity index (χ4v) is 1.29. The van der Waals surface area contributed by atoms with E-state index in [2.05, 4.69) is 0 Å². The molecule has 1 aromatic carbocycles. The van der Waals surface area contributed by atoms with Gasteiger partial charge < -0.3 is 10.0 Å². The van der Waals surface area contributed by atoms with Crippen LogP contribution in [0.4, 0.5) is 5.69 Å². The molecule has 1 N–H and O–H groups in total. The van der Waals surface area contributed by atoms with Crippen molar-refractivity contribution in [3.63, 3.8) is 0 Å². The standard InChI is InChI=1S/C12H15NO2/c1-9-8-11(13(2)3)6-4-10(9)5-7-12(14)15/h4-8H,1-3H3,(H,14,15). The van der Waals surface area contributed by atoms with Gasteiger partial charge in [-0.15, -0.1) is 0 Å². The molecule has 0 unspecified atom stereocenters. The van der Waals surface area contributed by atoms with Gasteiger partial charge in [0.15, 0.2) is 0 Å². The van der Waals surface area contributed by atoms with Crippen molar-refractivity contribution in [3.8, 4) is 0 Å². The molecule has 0 aromatic heterocycles.